The van der Waals surface area contributed by atoms with Crippen LogP contribution in [-0.2, 0) is 9.59 Å². The van der Waals surface area contributed by atoms with Gasteiger partial charge in [0.15, 0.2) is 5.78 Å². The number of likely N-dealkylation sites (tertiary alicyclic amines) is 1. The molecule has 1 aliphatic rings. The van der Waals surface area contributed by atoms with E-state index in [0.29, 0.717) is 16.1 Å². The Kier molecular flexibility index (Phi) is 7.56. The van der Waals surface area contributed by atoms with Crippen LogP contribution >= 0.6 is 11.6 Å². The zero-order valence-electron chi connectivity index (χ0n) is 21.5. The molecule has 0 saturated carbocycles. The highest BCUT2D eigenvalue weighted by atomic mass is 35.5. The number of carbonyl (C=O) groups excluding carboxylic acids is 2. The Morgan fingerprint density at radius 2 is 1.49 bits per heavy atom. The van der Waals surface area contributed by atoms with Crippen LogP contribution in [0.5, 0.6) is 0 Å². The summed E-state index contributed by atoms with van der Waals surface area (Å²) in [5.74, 6) is -3.25. The van der Waals surface area contributed by atoms with Gasteiger partial charge in [-0.3, -0.25) is 9.59 Å². The van der Waals surface area contributed by atoms with Gasteiger partial charge in [0.05, 0.1) is 12.0 Å². The SMILES string of the molecule is Cc1ccc(C2C(C(=O)c3ccccc3)C(c3ccc(Cl)cc3)C(C)(C(=O)O)N2C(=O)CC(C)C)cc1. The van der Waals surface area contributed by atoms with Crippen molar-refractivity contribution in [2.45, 2.75) is 51.6 Å². The van der Waals surface area contributed by atoms with Gasteiger partial charge in [-0.25, -0.2) is 4.79 Å². The van der Waals surface area contributed by atoms with E-state index >= 15 is 0 Å². The van der Waals surface area contributed by atoms with Gasteiger partial charge in [0.25, 0.3) is 0 Å². The van der Waals surface area contributed by atoms with Gasteiger partial charge in [-0.1, -0.05) is 97.7 Å². The van der Waals surface area contributed by atoms with Gasteiger partial charge in [0.1, 0.15) is 5.54 Å². The summed E-state index contributed by atoms with van der Waals surface area (Å²) >= 11 is 6.17. The second-order valence-corrected chi connectivity index (χ2v) is 10.9. The lowest BCUT2D eigenvalue weighted by atomic mass is 9.71. The number of halogens is 1. The largest absolute Gasteiger partial charge is 0.479 e. The standard InChI is InChI=1S/C31H32ClNO4/c1-19(2)18-25(34)33-28(22-12-10-20(3)11-13-22)26(29(35)23-8-6-5-7-9-23)27(31(33,4)30(36)37)21-14-16-24(32)17-15-21/h5-17,19,26-28H,18H2,1-4H3,(H,36,37). The van der Waals surface area contributed by atoms with Crippen molar-refractivity contribution < 1.29 is 19.5 Å². The number of rotatable bonds is 7. The van der Waals surface area contributed by atoms with Crippen LogP contribution in [0, 0.1) is 18.8 Å². The van der Waals surface area contributed by atoms with Crippen molar-refractivity contribution >= 4 is 29.3 Å². The van der Waals surface area contributed by atoms with E-state index < -0.39 is 29.4 Å². The summed E-state index contributed by atoms with van der Waals surface area (Å²) in [6.07, 6.45) is 0.171. The first-order valence-corrected chi connectivity index (χ1v) is 12.9. The van der Waals surface area contributed by atoms with E-state index in [9.17, 15) is 19.5 Å². The van der Waals surface area contributed by atoms with E-state index in [1.165, 1.54) is 4.90 Å². The Morgan fingerprint density at radius 1 is 0.919 bits per heavy atom. The molecule has 0 spiro atoms. The van der Waals surface area contributed by atoms with Crippen LogP contribution in [-0.4, -0.2) is 33.2 Å². The van der Waals surface area contributed by atoms with Crippen LogP contribution in [0.1, 0.15) is 66.2 Å². The zero-order valence-corrected chi connectivity index (χ0v) is 22.3. The third kappa shape index (κ3) is 4.93. The number of hydrogen-bond acceptors (Lipinski definition) is 3. The first-order valence-electron chi connectivity index (χ1n) is 12.5. The molecule has 0 aromatic heterocycles. The van der Waals surface area contributed by atoms with Gasteiger partial charge in [-0.2, -0.15) is 0 Å². The molecule has 1 aliphatic heterocycles. The summed E-state index contributed by atoms with van der Waals surface area (Å²) < 4.78 is 0. The Labute approximate surface area is 223 Å². The molecule has 1 amide bonds. The highest BCUT2D eigenvalue weighted by Crippen LogP contribution is 2.57. The molecule has 192 valence electrons. The molecule has 0 bridgehead atoms. The van der Waals surface area contributed by atoms with Crippen molar-refractivity contribution in [2.24, 2.45) is 11.8 Å². The lowest BCUT2D eigenvalue weighted by Crippen LogP contribution is -2.54. The Balaban J connectivity index is 2.03. The van der Waals surface area contributed by atoms with Crippen LogP contribution in [0.2, 0.25) is 5.02 Å². The molecule has 4 rings (SSSR count). The van der Waals surface area contributed by atoms with Gasteiger partial charge in [0, 0.05) is 22.9 Å². The van der Waals surface area contributed by atoms with Crippen molar-refractivity contribution in [3.63, 3.8) is 0 Å². The molecule has 4 unspecified atom stereocenters. The van der Waals surface area contributed by atoms with E-state index in [4.69, 9.17) is 11.6 Å². The molecule has 1 heterocycles. The smallest absolute Gasteiger partial charge is 0.330 e. The summed E-state index contributed by atoms with van der Waals surface area (Å²) in [6, 6.07) is 22.7. The molecular formula is C31H32ClNO4. The van der Waals surface area contributed by atoms with Crippen molar-refractivity contribution in [2.75, 3.05) is 0 Å². The molecular weight excluding hydrogens is 486 g/mol. The Hall–Kier alpha value is -3.44. The quantitative estimate of drug-likeness (QED) is 0.354. The van der Waals surface area contributed by atoms with Crippen LogP contribution < -0.4 is 0 Å². The molecule has 1 N–H and O–H groups in total. The molecule has 3 aromatic rings. The molecule has 37 heavy (non-hydrogen) atoms. The van der Waals surface area contributed by atoms with Gasteiger partial charge < -0.3 is 10.0 Å². The van der Waals surface area contributed by atoms with Crippen molar-refractivity contribution in [1.82, 2.24) is 4.90 Å². The predicted molar refractivity (Wildman–Crippen MR) is 145 cm³/mol. The highest BCUT2D eigenvalue weighted by molar-refractivity contribution is 6.30. The summed E-state index contributed by atoms with van der Waals surface area (Å²) in [5.41, 5.74) is 1.23. The number of benzene rings is 3. The average Bonchev–Trinajstić information content (AvgIpc) is 3.15. The molecule has 5 nitrogen and oxygen atoms in total. The van der Waals surface area contributed by atoms with E-state index in [2.05, 4.69) is 0 Å². The molecule has 3 aromatic carbocycles. The van der Waals surface area contributed by atoms with Gasteiger partial charge in [-0.05, 0) is 43.0 Å². The molecule has 1 fully saturated rings. The lowest BCUT2D eigenvalue weighted by Gasteiger charge is -2.38. The third-order valence-corrected chi connectivity index (χ3v) is 7.63. The van der Waals surface area contributed by atoms with E-state index in [1.807, 2.05) is 51.1 Å². The van der Waals surface area contributed by atoms with Crippen molar-refractivity contribution in [3.8, 4) is 0 Å². The van der Waals surface area contributed by atoms with E-state index in [1.54, 1.807) is 55.5 Å². The summed E-state index contributed by atoms with van der Waals surface area (Å²) in [4.78, 5) is 42.8. The van der Waals surface area contributed by atoms with Crippen LogP contribution in [0.3, 0.4) is 0 Å². The first kappa shape index (κ1) is 26.6. The number of carboxylic acids is 1. The second kappa shape index (κ2) is 10.5. The van der Waals surface area contributed by atoms with Gasteiger partial charge in [0.2, 0.25) is 5.91 Å². The molecule has 4 atom stereocenters. The van der Waals surface area contributed by atoms with E-state index in [0.717, 1.165) is 11.1 Å². The number of ketones is 1. The zero-order chi connectivity index (χ0) is 26.9. The number of nitrogens with zero attached hydrogens (tertiary/aromatic N) is 1. The summed E-state index contributed by atoms with van der Waals surface area (Å²) in [7, 11) is 0. The normalized spacial score (nSPS) is 23.3. The maximum atomic E-state index is 14.3. The maximum absolute atomic E-state index is 14.3. The molecule has 1 saturated heterocycles. The molecule has 6 heteroatoms. The Morgan fingerprint density at radius 3 is 2.03 bits per heavy atom. The maximum Gasteiger partial charge on any atom is 0.330 e. The summed E-state index contributed by atoms with van der Waals surface area (Å²) in [6.45, 7) is 7.39. The van der Waals surface area contributed by atoms with Crippen molar-refractivity contribution in [3.05, 3.63) is 106 Å². The minimum atomic E-state index is -1.68. The van der Waals surface area contributed by atoms with Crippen LogP contribution in [0.15, 0.2) is 78.9 Å². The fourth-order valence-electron chi connectivity index (χ4n) is 5.64. The fraction of sp³-hybridized carbons (Fsp3) is 0.323. The number of carbonyl (C=O) groups is 3. The minimum absolute atomic E-state index is 0.0158. The van der Waals surface area contributed by atoms with Crippen molar-refractivity contribution in [1.29, 1.82) is 0 Å². The third-order valence-electron chi connectivity index (χ3n) is 7.38. The molecule has 0 radical (unpaired) electrons. The van der Waals surface area contributed by atoms with Gasteiger partial charge >= 0.3 is 5.97 Å². The minimum Gasteiger partial charge on any atom is -0.479 e. The predicted octanol–water partition coefficient (Wildman–Crippen LogP) is 6.70. The fourth-order valence-corrected chi connectivity index (χ4v) is 5.77. The monoisotopic (exact) mass is 517 g/mol. The van der Waals surface area contributed by atoms with E-state index in [-0.39, 0.29) is 24.0 Å². The topological polar surface area (TPSA) is 74.7 Å². The summed E-state index contributed by atoms with van der Waals surface area (Å²) in [5, 5.41) is 11.3. The number of aliphatic carboxylic acids is 1. The molecule has 0 aliphatic carbocycles. The number of amides is 1. The number of aryl methyl sites for hydroxylation is 1. The Bertz CT molecular complexity index is 1290. The number of hydrogen-bond donors (Lipinski definition) is 1. The number of carboxylic acid groups (broad SMARTS) is 1. The van der Waals surface area contributed by atoms with Gasteiger partial charge in [-0.15, -0.1) is 0 Å². The van der Waals surface area contributed by atoms with Crippen LogP contribution in [0.4, 0.5) is 0 Å². The average molecular weight is 518 g/mol. The second-order valence-electron chi connectivity index (χ2n) is 10.5. The highest BCUT2D eigenvalue weighted by Gasteiger charge is 2.64. The van der Waals surface area contributed by atoms with Crippen LogP contribution in [0.25, 0.3) is 0 Å². The first-order chi connectivity index (χ1) is 17.6. The lowest BCUT2D eigenvalue weighted by molar-refractivity contribution is -0.158. The number of Topliss-reactive ketones (excluding diaryl/α,β-unsaturated/α-hetero) is 1.